The summed E-state index contributed by atoms with van der Waals surface area (Å²) in [6, 6.07) is 0. The summed E-state index contributed by atoms with van der Waals surface area (Å²) in [5, 5.41) is 9.70. The molecule has 0 aliphatic rings. The molecule has 80 valence electrons. The number of nitriles is 1. The first-order valence-electron chi connectivity index (χ1n) is 4.39. The van der Waals surface area contributed by atoms with Gasteiger partial charge in [-0.2, -0.15) is 5.26 Å². The van der Waals surface area contributed by atoms with Crippen LogP contribution in [0.15, 0.2) is 11.3 Å². The third kappa shape index (κ3) is 2.73. The zero-order valence-corrected chi connectivity index (χ0v) is 9.80. The molecule has 0 saturated carbocycles. The van der Waals surface area contributed by atoms with Crippen molar-refractivity contribution in [2.75, 3.05) is 13.3 Å². The molecule has 0 aromatic carbocycles. The van der Waals surface area contributed by atoms with Crippen LogP contribution >= 0.6 is 11.8 Å². The minimum atomic E-state index is 0.482. The second-order valence-electron chi connectivity index (χ2n) is 2.86. The number of hydrogen-bond acceptors (Lipinski definition) is 4. The summed E-state index contributed by atoms with van der Waals surface area (Å²) in [6.07, 6.45) is 5.63. The zero-order valence-electron chi connectivity index (χ0n) is 8.98. The van der Waals surface area contributed by atoms with Crippen molar-refractivity contribution in [2.45, 2.75) is 13.5 Å². The minimum Gasteiger partial charge on any atom is -0.347 e. The molecule has 0 unspecified atom stereocenters. The van der Waals surface area contributed by atoms with E-state index < -0.39 is 0 Å². The van der Waals surface area contributed by atoms with E-state index in [1.807, 2.05) is 13.2 Å². The summed E-state index contributed by atoms with van der Waals surface area (Å²) in [4.78, 5) is 12.7. The molecule has 0 saturated heterocycles. The van der Waals surface area contributed by atoms with Crippen molar-refractivity contribution in [3.63, 3.8) is 0 Å². The van der Waals surface area contributed by atoms with Gasteiger partial charge in [-0.1, -0.05) is 11.8 Å². The lowest BCUT2D eigenvalue weighted by Gasteiger charge is -2.14. The Morgan fingerprint density at radius 2 is 2.53 bits per heavy atom. The first-order valence-corrected chi connectivity index (χ1v) is 5.62. The molecule has 0 fully saturated rings. The molecule has 0 bridgehead atoms. The molecule has 0 aliphatic heterocycles. The van der Waals surface area contributed by atoms with E-state index in [1.54, 1.807) is 13.4 Å². The maximum atomic E-state index is 9.00. The van der Waals surface area contributed by atoms with E-state index in [2.05, 4.69) is 21.2 Å². The number of imidazole rings is 1. The number of aromatic amines is 1. The summed E-state index contributed by atoms with van der Waals surface area (Å²) < 4.78 is 0. The number of aryl methyl sites for hydroxylation is 1. The Labute approximate surface area is 93.2 Å². The van der Waals surface area contributed by atoms with E-state index in [-0.39, 0.29) is 0 Å². The Morgan fingerprint density at radius 1 is 1.80 bits per heavy atom. The molecule has 0 radical (unpaired) electrons. The van der Waals surface area contributed by atoms with Crippen LogP contribution < -0.4 is 0 Å². The molecule has 0 atom stereocenters. The van der Waals surface area contributed by atoms with Gasteiger partial charge in [-0.3, -0.25) is 9.89 Å². The lowest BCUT2D eigenvalue weighted by atomic mass is 10.3. The Balaban J connectivity index is 2.80. The van der Waals surface area contributed by atoms with Crippen LogP contribution in [0, 0.1) is 18.4 Å². The number of aliphatic imine (C=N–C) groups is 1. The number of hydrogen-bond donors (Lipinski definition) is 1. The van der Waals surface area contributed by atoms with E-state index in [1.165, 1.54) is 16.7 Å². The van der Waals surface area contributed by atoms with Gasteiger partial charge >= 0.3 is 0 Å². The molecule has 15 heavy (non-hydrogen) atoms. The fraction of sp³-hybridized carbons (Fsp3) is 0.444. The minimum absolute atomic E-state index is 0.482. The normalized spacial score (nSPS) is 11.2. The van der Waals surface area contributed by atoms with Crippen LogP contribution in [0.3, 0.4) is 0 Å². The molecular formula is C9H13N5S. The average Bonchev–Trinajstić information content (AvgIpc) is 2.64. The summed E-state index contributed by atoms with van der Waals surface area (Å²) in [5.41, 5.74) is 1.85. The highest BCUT2D eigenvalue weighted by molar-refractivity contribution is 8.13. The Hall–Kier alpha value is -1.48. The van der Waals surface area contributed by atoms with Crippen molar-refractivity contribution in [2.24, 2.45) is 4.99 Å². The number of rotatable bonds is 2. The maximum Gasteiger partial charge on any atom is 0.186 e. The van der Waals surface area contributed by atoms with Gasteiger partial charge < -0.3 is 4.98 Å². The molecular weight excluding hydrogens is 210 g/mol. The topological polar surface area (TPSA) is 68.1 Å². The number of nitrogens with one attached hydrogen (secondary N) is 1. The summed E-state index contributed by atoms with van der Waals surface area (Å²) in [5.74, 6) is 0. The van der Waals surface area contributed by atoms with Crippen molar-refractivity contribution in [3.8, 4) is 6.19 Å². The van der Waals surface area contributed by atoms with Crippen molar-refractivity contribution >= 4 is 16.9 Å². The fourth-order valence-electron chi connectivity index (χ4n) is 1.18. The molecule has 0 spiro atoms. The van der Waals surface area contributed by atoms with Gasteiger partial charge in [-0.25, -0.2) is 4.98 Å². The average molecular weight is 223 g/mol. The van der Waals surface area contributed by atoms with E-state index in [0.29, 0.717) is 11.7 Å². The Morgan fingerprint density at radius 3 is 2.93 bits per heavy atom. The van der Waals surface area contributed by atoms with Gasteiger partial charge in [0.15, 0.2) is 11.4 Å². The molecule has 1 rings (SSSR count). The largest absolute Gasteiger partial charge is 0.347 e. The predicted octanol–water partition coefficient (Wildman–Crippen LogP) is 1.35. The van der Waals surface area contributed by atoms with Crippen LogP contribution in [0.4, 0.5) is 0 Å². The highest BCUT2D eigenvalue weighted by atomic mass is 32.2. The smallest absolute Gasteiger partial charge is 0.186 e. The van der Waals surface area contributed by atoms with E-state index in [9.17, 15) is 0 Å². The van der Waals surface area contributed by atoms with Crippen LogP contribution in [0.25, 0.3) is 0 Å². The van der Waals surface area contributed by atoms with E-state index in [4.69, 9.17) is 5.26 Å². The monoisotopic (exact) mass is 223 g/mol. The maximum absolute atomic E-state index is 9.00. The van der Waals surface area contributed by atoms with E-state index >= 15 is 0 Å². The molecule has 0 aliphatic carbocycles. The number of aromatic nitrogens is 2. The SMILES string of the molecule is C/N=C(\SC)N(C#N)Cc1[nH]cnc1C. The number of thioether (sulfide) groups is 1. The summed E-state index contributed by atoms with van der Waals surface area (Å²) >= 11 is 1.45. The van der Waals surface area contributed by atoms with Gasteiger partial charge in [0, 0.05) is 7.05 Å². The lowest BCUT2D eigenvalue weighted by Crippen LogP contribution is -2.23. The van der Waals surface area contributed by atoms with Gasteiger partial charge in [-0.15, -0.1) is 0 Å². The molecule has 6 heteroatoms. The van der Waals surface area contributed by atoms with Gasteiger partial charge in [0.25, 0.3) is 0 Å². The second kappa shape index (κ2) is 5.41. The fourth-order valence-corrected chi connectivity index (χ4v) is 1.68. The summed E-state index contributed by atoms with van der Waals surface area (Å²) in [7, 11) is 1.68. The van der Waals surface area contributed by atoms with Crippen LogP contribution in [0.1, 0.15) is 11.4 Å². The van der Waals surface area contributed by atoms with Gasteiger partial charge in [0.2, 0.25) is 0 Å². The quantitative estimate of drug-likeness (QED) is 0.355. The number of amidine groups is 1. The van der Waals surface area contributed by atoms with Crippen LogP contribution in [-0.2, 0) is 6.54 Å². The molecule has 1 aromatic rings. The van der Waals surface area contributed by atoms with Crippen molar-refractivity contribution in [3.05, 3.63) is 17.7 Å². The number of nitrogens with zero attached hydrogens (tertiary/aromatic N) is 4. The Kier molecular flexibility index (Phi) is 4.18. The molecule has 0 amide bonds. The van der Waals surface area contributed by atoms with Crippen molar-refractivity contribution in [1.29, 1.82) is 5.26 Å². The first kappa shape index (κ1) is 11.6. The number of H-pyrrole nitrogens is 1. The van der Waals surface area contributed by atoms with Crippen molar-refractivity contribution < 1.29 is 0 Å². The van der Waals surface area contributed by atoms with Crippen LogP contribution in [0.2, 0.25) is 0 Å². The highest BCUT2D eigenvalue weighted by Gasteiger charge is 2.12. The van der Waals surface area contributed by atoms with Gasteiger partial charge in [-0.05, 0) is 13.2 Å². The molecule has 5 nitrogen and oxygen atoms in total. The first-order chi connectivity index (χ1) is 7.22. The molecule has 1 heterocycles. The Bertz CT molecular complexity index is 389. The lowest BCUT2D eigenvalue weighted by molar-refractivity contribution is 0.570. The zero-order chi connectivity index (χ0) is 11.3. The standard InChI is InChI=1S/C9H13N5S/c1-7-8(13-6-12-7)4-14(5-10)9(11-2)15-3/h6H,4H2,1-3H3,(H,12,13)/b11-9-. The van der Waals surface area contributed by atoms with Crippen molar-refractivity contribution in [1.82, 2.24) is 14.9 Å². The molecule has 1 aromatic heterocycles. The van der Waals surface area contributed by atoms with Crippen LogP contribution in [0.5, 0.6) is 0 Å². The third-order valence-electron chi connectivity index (χ3n) is 1.98. The van der Waals surface area contributed by atoms with Gasteiger partial charge in [0.05, 0.1) is 24.3 Å². The molecule has 1 N–H and O–H groups in total. The third-order valence-corrected chi connectivity index (χ3v) is 2.74. The second-order valence-corrected chi connectivity index (χ2v) is 3.64. The predicted molar refractivity (Wildman–Crippen MR) is 61.4 cm³/mol. The highest BCUT2D eigenvalue weighted by Crippen LogP contribution is 2.10. The van der Waals surface area contributed by atoms with E-state index in [0.717, 1.165) is 11.4 Å². The summed E-state index contributed by atoms with van der Waals surface area (Å²) in [6.45, 7) is 2.39. The van der Waals surface area contributed by atoms with Gasteiger partial charge in [0.1, 0.15) is 0 Å². The van der Waals surface area contributed by atoms with Crippen LogP contribution in [-0.4, -0.2) is 33.3 Å².